The van der Waals surface area contributed by atoms with Crippen molar-refractivity contribution >= 4 is 0 Å². The predicted octanol–water partition coefficient (Wildman–Crippen LogP) is 2.89. The third kappa shape index (κ3) is 2.22. The molecule has 1 aromatic heterocycles. The molecule has 0 aliphatic carbocycles. The maximum atomic E-state index is 13.4. The van der Waals surface area contributed by atoms with Gasteiger partial charge in [-0.3, -0.25) is 4.98 Å². The Morgan fingerprint density at radius 1 is 1.05 bits per heavy atom. The minimum Gasteiger partial charge on any atom is -0.496 e. The molecule has 1 atom stereocenters. The van der Waals surface area contributed by atoms with Crippen molar-refractivity contribution in [2.75, 3.05) is 7.11 Å². The normalized spacial score (nSPS) is 14.7. The molecule has 0 radical (unpaired) electrons. The Morgan fingerprint density at radius 2 is 1.70 bits per heavy atom. The molecule has 1 heterocycles. The maximum absolute atomic E-state index is 13.4. The lowest BCUT2D eigenvalue weighted by molar-refractivity contribution is -0.250. The summed E-state index contributed by atoms with van der Waals surface area (Å²) in [5.74, 6) is -0.0574. The van der Waals surface area contributed by atoms with E-state index in [2.05, 4.69) is 4.98 Å². The average Bonchev–Trinajstić information content (AvgIpc) is 2.46. The highest BCUT2D eigenvalue weighted by Gasteiger charge is 2.58. The standard InChI is InChI=1S/C14H12F3NO2/c1-20-11-7-3-2-6-10(11)13(19,14(15,16)17)12-8-4-5-9-18-12/h2-9,19H,1H3. The molecule has 0 spiro atoms. The van der Waals surface area contributed by atoms with Crippen LogP contribution in [0.25, 0.3) is 0 Å². The van der Waals surface area contributed by atoms with Crippen molar-refractivity contribution in [2.45, 2.75) is 11.8 Å². The summed E-state index contributed by atoms with van der Waals surface area (Å²) >= 11 is 0. The van der Waals surface area contributed by atoms with E-state index in [4.69, 9.17) is 4.74 Å². The van der Waals surface area contributed by atoms with Crippen LogP contribution in [0.4, 0.5) is 13.2 Å². The lowest BCUT2D eigenvalue weighted by Crippen LogP contribution is -2.44. The van der Waals surface area contributed by atoms with Crippen LogP contribution in [0.3, 0.4) is 0 Å². The van der Waals surface area contributed by atoms with Gasteiger partial charge in [-0.1, -0.05) is 24.3 Å². The smallest absolute Gasteiger partial charge is 0.427 e. The monoisotopic (exact) mass is 283 g/mol. The van der Waals surface area contributed by atoms with Crippen LogP contribution in [0, 0.1) is 0 Å². The average molecular weight is 283 g/mol. The Hall–Kier alpha value is -2.08. The van der Waals surface area contributed by atoms with E-state index in [9.17, 15) is 18.3 Å². The highest BCUT2D eigenvalue weighted by atomic mass is 19.4. The Bertz CT molecular complexity index is 586. The number of methoxy groups -OCH3 is 1. The zero-order chi connectivity index (χ0) is 14.8. The van der Waals surface area contributed by atoms with Crippen molar-refractivity contribution in [1.29, 1.82) is 0 Å². The van der Waals surface area contributed by atoms with Gasteiger partial charge in [0.05, 0.1) is 12.8 Å². The van der Waals surface area contributed by atoms with Gasteiger partial charge in [-0.15, -0.1) is 0 Å². The number of benzene rings is 1. The first-order valence-corrected chi connectivity index (χ1v) is 5.75. The molecular weight excluding hydrogens is 271 g/mol. The molecule has 3 nitrogen and oxygen atoms in total. The topological polar surface area (TPSA) is 42.4 Å². The number of pyridine rings is 1. The van der Waals surface area contributed by atoms with Crippen molar-refractivity contribution in [2.24, 2.45) is 0 Å². The van der Waals surface area contributed by atoms with E-state index >= 15 is 0 Å². The van der Waals surface area contributed by atoms with Crippen LogP contribution in [0.15, 0.2) is 48.7 Å². The number of alkyl halides is 3. The van der Waals surface area contributed by atoms with Crippen LogP contribution >= 0.6 is 0 Å². The number of hydrogen-bond donors (Lipinski definition) is 1. The molecule has 20 heavy (non-hydrogen) atoms. The quantitative estimate of drug-likeness (QED) is 0.941. The highest BCUT2D eigenvalue weighted by Crippen LogP contribution is 2.46. The fourth-order valence-electron chi connectivity index (χ4n) is 1.96. The predicted molar refractivity (Wildman–Crippen MR) is 66.3 cm³/mol. The number of ether oxygens (including phenoxy) is 1. The van der Waals surface area contributed by atoms with Gasteiger partial charge in [0, 0.05) is 11.8 Å². The molecule has 106 valence electrons. The van der Waals surface area contributed by atoms with E-state index in [1.54, 1.807) is 0 Å². The van der Waals surface area contributed by atoms with Crippen LogP contribution in [-0.4, -0.2) is 23.4 Å². The molecule has 6 heteroatoms. The Morgan fingerprint density at radius 3 is 2.25 bits per heavy atom. The molecule has 0 aliphatic heterocycles. The summed E-state index contributed by atoms with van der Waals surface area (Å²) in [4.78, 5) is 3.64. The van der Waals surface area contributed by atoms with Crippen molar-refractivity contribution in [3.63, 3.8) is 0 Å². The highest BCUT2D eigenvalue weighted by molar-refractivity contribution is 5.44. The number of nitrogens with zero attached hydrogens (tertiary/aromatic N) is 1. The third-order valence-corrected chi connectivity index (χ3v) is 2.94. The third-order valence-electron chi connectivity index (χ3n) is 2.94. The molecule has 0 bridgehead atoms. The number of hydrogen-bond acceptors (Lipinski definition) is 3. The van der Waals surface area contributed by atoms with Crippen LogP contribution in [0.5, 0.6) is 5.75 Å². The second kappa shape index (κ2) is 5.13. The Balaban J connectivity index is 2.72. The molecule has 0 saturated heterocycles. The van der Waals surface area contributed by atoms with Crippen LogP contribution < -0.4 is 4.74 Å². The second-order valence-corrected chi connectivity index (χ2v) is 4.12. The fraction of sp³-hybridized carbons (Fsp3) is 0.214. The molecule has 0 amide bonds. The molecule has 1 N–H and O–H groups in total. The first kappa shape index (κ1) is 14.3. The van der Waals surface area contributed by atoms with E-state index in [1.165, 1.54) is 49.7 Å². The van der Waals surface area contributed by atoms with Crippen molar-refractivity contribution in [1.82, 2.24) is 4.98 Å². The molecule has 1 unspecified atom stereocenters. The van der Waals surface area contributed by atoms with E-state index in [-0.39, 0.29) is 5.75 Å². The van der Waals surface area contributed by atoms with Gasteiger partial charge in [-0.25, -0.2) is 0 Å². The number of para-hydroxylation sites is 1. The van der Waals surface area contributed by atoms with Gasteiger partial charge in [0.1, 0.15) is 5.75 Å². The van der Waals surface area contributed by atoms with Crippen molar-refractivity contribution in [3.05, 3.63) is 59.9 Å². The van der Waals surface area contributed by atoms with Gasteiger partial charge in [-0.2, -0.15) is 13.2 Å². The summed E-state index contributed by atoms with van der Waals surface area (Å²) in [5.41, 5.74) is -4.12. The number of rotatable bonds is 3. The van der Waals surface area contributed by atoms with Crippen molar-refractivity contribution < 1.29 is 23.0 Å². The molecule has 0 fully saturated rings. The zero-order valence-electron chi connectivity index (χ0n) is 10.6. The summed E-state index contributed by atoms with van der Waals surface area (Å²) < 4.78 is 45.3. The fourth-order valence-corrected chi connectivity index (χ4v) is 1.96. The molecule has 2 aromatic rings. The first-order chi connectivity index (χ1) is 9.41. The number of aliphatic hydroxyl groups is 1. The van der Waals surface area contributed by atoms with Crippen molar-refractivity contribution in [3.8, 4) is 5.75 Å². The zero-order valence-corrected chi connectivity index (χ0v) is 10.6. The summed E-state index contributed by atoms with van der Waals surface area (Å²) in [6.45, 7) is 0. The van der Waals surface area contributed by atoms with Crippen LogP contribution in [-0.2, 0) is 5.60 Å². The van der Waals surface area contributed by atoms with E-state index in [1.807, 2.05) is 0 Å². The maximum Gasteiger partial charge on any atom is 0.427 e. The molecule has 1 aromatic carbocycles. The molecular formula is C14H12F3NO2. The van der Waals surface area contributed by atoms with E-state index in [0.717, 1.165) is 6.07 Å². The number of halogens is 3. The lowest BCUT2D eigenvalue weighted by Gasteiger charge is -2.31. The lowest BCUT2D eigenvalue weighted by atomic mass is 9.88. The Labute approximate surface area is 113 Å². The molecule has 2 rings (SSSR count). The second-order valence-electron chi connectivity index (χ2n) is 4.12. The van der Waals surface area contributed by atoms with Gasteiger partial charge < -0.3 is 9.84 Å². The summed E-state index contributed by atoms with van der Waals surface area (Å²) in [6, 6.07) is 9.43. The number of aromatic nitrogens is 1. The minimum atomic E-state index is -4.93. The van der Waals surface area contributed by atoms with Gasteiger partial charge >= 0.3 is 6.18 Å². The minimum absolute atomic E-state index is 0.0574. The van der Waals surface area contributed by atoms with Gasteiger partial charge in [0.25, 0.3) is 0 Å². The van der Waals surface area contributed by atoms with Gasteiger partial charge in [0.15, 0.2) is 0 Å². The largest absolute Gasteiger partial charge is 0.496 e. The van der Waals surface area contributed by atoms with E-state index in [0.29, 0.717) is 0 Å². The summed E-state index contributed by atoms with van der Waals surface area (Å²) in [5, 5.41) is 10.3. The first-order valence-electron chi connectivity index (χ1n) is 5.75. The molecule has 0 saturated carbocycles. The SMILES string of the molecule is COc1ccccc1C(O)(c1ccccn1)C(F)(F)F. The van der Waals surface area contributed by atoms with E-state index < -0.39 is 23.0 Å². The van der Waals surface area contributed by atoms with Gasteiger partial charge in [0.2, 0.25) is 5.60 Å². The Kier molecular flexibility index (Phi) is 3.67. The van der Waals surface area contributed by atoms with Crippen LogP contribution in [0.2, 0.25) is 0 Å². The summed E-state index contributed by atoms with van der Waals surface area (Å²) in [7, 11) is 1.24. The van der Waals surface area contributed by atoms with Gasteiger partial charge in [-0.05, 0) is 18.2 Å². The molecule has 0 aliphatic rings. The summed E-state index contributed by atoms with van der Waals surface area (Å²) in [6.07, 6.45) is -3.74. The van der Waals surface area contributed by atoms with Crippen LogP contribution in [0.1, 0.15) is 11.3 Å².